The van der Waals surface area contributed by atoms with Crippen LogP contribution >= 0.6 is 0 Å². The highest BCUT2D eigenvalue weighted by molar-refractivity contribution is 5.73. The van der Waals surface area contributed by atoms with Crippen LogP contribution in [0.1, 0.15) is 0 Å². The number of benzene rings is 1. The lowest BCUT2D eigenvalue weighted by Gasteiger charge is -2.13. The average molecular weight is 267 g/mol. The lowest BCUT2D eigenvalue weighted by molar-refractivity contribution is 0.220. The van der Waals surface area contributed by atoms with Crippen molar-refractivity contribution in [3.05, 3.63) is 24.3 Å². The maximum absolute atomic E-state index is 11.4. The van der Waals surface area contributed by atoms with Crippen molar-refractivity contribution in [1.82, 2.24) is 15.5 Å². The molecule has 0 radical (unpaired) electrons. The van der Waals surface area contributed by atoms with Gasteiger partial charge in [-0.1, -0.05) is 12.1 Å². The second-order valence-corrected chi connectivity index (χ2v) is 4.18. The monoisotopic (exact) mass is 267 g/mol. The first-order valence-electron chi connectivity index (χ1n) is 6.05. The third-order valence-corrected chi connectivity index (χ3v) is 2.37. The maximum atomic E-state index is 11.4. The van der Waals surface area contributed by atoms with Gasteiger partial charge < -0.3 is 25.0 Å². The molecule has 0 bridgehead atoms. The number of para-hydroxylation sites is 2. The van der Waals surface area contributed by atoms with E-state index >= 15 is 0 Å². The van der Waals surface area contributed by atoms with Crippen LogP contribution in [0.2, 0.25) is 0 Å². The molecule has 1 aromatic carbocycles. The number of carbonyl (C=O) groups is 1. The summed E-state index contributed by atoms with van der Waals surface area (Å²) in [5.41, 5.74) is 0. The summed E-state index contributed by atoms with van der Waals surface area (Å²) in [5, 5.41) is 5.34. The standard InChI is InChI=1S/C13H21N3O3/c1-16(2)9-8-14-13(17)15-10-19-12-7-5-4-6-11(12)18-3/h4-7H,8-10H2,1-3H3,(H2,14,15,17). The Labute approximate surface area is 113 Å². The molecule has 6 heteroatoms. The molecule has 6 nitrogen and oxygen atoms in total. The number of urea groups is 1. The number of nitrogens with zero attached hydrogens (tertiary/aromatic N) is 1. The molecule has 0 heterocycles. The minimum atomic E-state index is -0.253. The number of hydrogen-bond acceptors (Lipinski definition) is 4. The number of amides is 2. The van der Waals surface area contributed by atoms with E-state index in [0.717, 1.165) is 6.54 Å². The maximum Gasteiger partial charge on any atom is 0.317 e. The third-order valence-electron chi connectivity index (χ3n) is 2.37. The number of hydrogen-bond donors (Lipinski definition) is 2. The van der Waals surface area contributed by atoms with Crippen molar-refractivity contribution in [2.75, 3.05) is 41.0 Å². The summed E-state index contributed by atoms with van der Waals surface area (Å²) >= 11 is 0. The lowest BCUT2D eigenvalue weighted by atomic mass is 10.3. The van der Waals surface area contributed by atoms with Gasteiger partial charge in [-0.2, -0.15) is 0 Å². The first kappa shape index (κ1) is 15.1. The fraction of sp³-hybridized carbons (Fsp3) is 0.462. The summed E-state index contributed by atoms with van der Waals surface area (Å²) in [4.78, 5) is 13.4. The second kappa shape index (κ2) is 8.20. The molecule has 2 N–H and O–H groups in total. The molecule has 0 aromatic heterocycles. The van der Waals surface area contributed by atoms with Crippen LogP contribution in [0.4, 0.5) is 4.79 Å². The van der Waals surface area contributed by atoms with Crippen molar-refractivity contribution in [3.8, 4) is 11.5 Å². The van der Waals surface area contributed by atoms with Crippen LogP contribution in [0.15, 0.2) is 24.3 Å². The highest BCUT2D eigenvalue weighted by Crippen LogP contribution is 2.25. The Morgan fingerprint density at radius 2 is 1.89 bits per heavy atom. The first-order valence-corrected chi connectivity index (χ1v) is 6.05. The van der Waals surface area contributed by atoms with Gasteiger partial charge in [0.2, 0.25) is 0 Å². The van der Waals surface area contributed by atoms with Crippen LogP contribution in [0, 0.1) is 0 Å². The number of rotatable bonds is 7. The van der Waals surface area contributed by atoms with Crippen LogP contribution in [0.25, 0.3) is 0 Å². The Kier molecular flexibility index (Phi) is 6.52. The van der Waals surface area contributed by atoms with Crippen LogP contribution in [0.5, 0.6) is 11.5 Å². The SMILES string of the molecule is COc1ccccc1OCNC(=O)NCCN(C)C. The van der Waals surface area contributed by atoms with Gasteiger partial charge >= 0.3 is 6.03 Å². The number of methoxy groups -OCH3 is 1. The summed E-state index contributed by atoms with van der Waals surface area (Å²) in [5.74, 6) is 1.23. The van der Waals surface area contributed by atoms with Crippen molar-refractivity contribution in [1.29, 1.82) is 0 Å². The summed E-state index contributed by atoms with van der Waals surface area (Å²) in [6.07, 6.45) is 0. The Morgan fingerprint density at radius 1 is 1.21 bits per heavy atom. The van der Waals surface area contributed by atoms with E-state index in [4.69, 9.17) is 9.47 Å². The first-order chi connectivity index (χ1) is 9.13. The van der Waals surface area contributed by atoms with E-state index in [2.05, 4.69) is 10.6 Å². The molecular formula is C13H21N3O3. The number of carbonyl (C=O) groups excluding carboxylic acids is 1. The zero-order chi connectivity index (χ0) is 14.1. The van der Waals surface area contributed by atoms with Crippen molar-refractivity contribution in [2.24, 2.45) is 0 Å². The van der Waals surface area contributed by atoms with E-state index in [9.17, 15) is 4.79 Å². The molecule has 0 aliphatic rings. The third kappa shape index (κ3) is 5.96. The molecule has 2 amide bonds. The van der Waals surface area contributed by atoms with Crippen molar-refractivity contribution < 1.29 is 14.3 Å². The molecule has 0 aliphatic heterocycles. The van der Waals surface area contributed by atoms with Gasteiger partial charge in [0.05, 0.1) is 7.11 Å². The lowest BCUT2D eigenvalue weighted by Crippen LogP contribution is -2.40. The number of likely N-dealkylation sites (N-methyl/N-ethyl adjacent to an activating group) is 1. The van der Waals surface area contributed by atoms with E-state index in [0.29, 0.717) is 18.0 Å². The minimum absolute atomic E-state index is 0.0914. The highest BCUT2D eigenvalue weighted by Gasteiger charge is 2.03. The molecule has 0 saturated heterocycles. The Hall–Kier alpha value is -1.95. The molecule has 1 aromatic rings. The molecule has 0 fully saturated rings. The molecule has 0 atom stereocenters. The van der Waals surface area contributed by atoms with Gasteiger partial charge in [0.1, 0.15) is 0 Å². The van der Waals surface area contributed by atoms with Gasteiger partial charge in [-0.3, -0.25) is 0 Å². The number of ether oxygens (including phenoxy) is 2. The van der Waals surface area contributed by atoms with Gasteiger partial charge in [0.25, 0.3) is 0 Å². The zero-order valence-electron chi connectivity index (χ0n) is 11.6. The van der Waals surface area contributed by atoms with Gasteiger partial charge in [-0.15, -0.1) is 0 Å². The summed E-state index contributed by atoms with van der Waals surface area (Å²) in [6.45, 7) is 1.47. The Balaban J connectivity index is 2.24. The summed E-state index contributed by atoms with van der Waals surface area (Å²) in [6, 6.07) is 7.02. The predicted molar refractivity (Wildman–Crippen MR) is 73.6 cm³/mol. The molecule has 0 aliphatic carbocycles. The molecule has 0 unspecified atom stereocenters. The fourth-order valence-corrected chi connectivity index (χ4v) is 1.37. The highest BCUT2D eigenvalue weighted by atomic mass is 16.5. The quantitative estimate of drug-likeness (QED) is 0.720. The summed E-state index contributed by atoms with van der Waals surface area (Å²) in [7, 11) is 5.47. The van der Waals surface area contributed by atoms with Gasteiger partial charge in [-0.25, -0.2) is 4.79 Å². The van der Waals surface area contributed by atoms with E-state index in [-0.39, 0.29) is 12.8 Å². The van der Waals surface area contributed by atoms with Crippen LogP contribution in [-0.2, 0) is 0 Å². The van der Waals surface area contributed by atoms with Crippen LogP contribution < -0.4 is 20.1 Å². The Morgan fingerprint density at radius 3 is 2.53 bits per heavy atom. The topological polar surface area (TPSA) is 62.8 Å². The Bertz CT molecular complexity index is 396. The predicted octanol–water partition coefficient (Wildman–Crippen LogP) is 0.892. The van der Waals surface area contributed by atoms with Crippen LogP contribution in [-0.4, -0.2) is 52.0 Å². The van der Waals surface area contributed by atoms with Crippen molar-refractivity contribution in [3.63, 3.8) is 0 Å². The number of nitrogens with one attached hydrogen (secondary N) is 2. The molecule has 0 saturated carbocycles. The van der Waals surface area contributed by atoms with E-state index in [1.165, 1.54) is 0 Å². The van der Waals surface area contributed by atoms with Gasteiger partial charge in [-0.05, 0) is 26.2 Å². The van der Waals surface area contributed by atoms with Crippen LogP contribution in [0.3, 0.4) is 0 Å². The average Bonchev–Trinajstić information content (AvgIpc) is 2.39. The van der Waals surface area contributed by atoms with E-state index < -0.39 is 0 Å². The fourth-order valence-electron chi connectivity index (χ4n) is 1.37. The van der Waals surface area contributed by atoms with E-state index in [1.807, 2.05) is 31.1 Å². The zero-order valence-corrected chi connectivity index (χ0v) is 11.6. The van der Waals surface area contributed by atoms with Crippen molar-refractivity contribution >= 4 is 6.03 Å². The molecule has 1 rings (SSSR count). The molecule has 0 spiro atoms. The van der Waals surface area contributed by atoms with E-state index in [1.54, 1.807) is 19.2 Å². The normalized spacial score (nSPS) is 10.1. The summed E-state index contributed by atoms with van der Waals surface area (Å²) < 4.78 is 10.6. The largest absolute Gasteiger partial charge is 0.493 e. The smallest absolute Gasteiger partial charge is 0.317 e. The molecular weight excluding hydrogens is 246 g/mol. The molecule has 19 heavy (non-hydrogen) atoms. The van der Waals surface area contributed by atoms with Crippen molar-refractivity contribution in [2.45, 2.75) is 0 Å². The molecule has 106 valence electrons. The minimum Gasteiger partial charge on any atom is -0.493 e. The van der Waals surface area contributed by atoms with Gasteiger partial charge in [0.15, 0.2) is 18.2 Å². The van der Waals surface area contributed by atoms with Gasteiger partial charge in [0, 0.05) is 13.1 Å². The second-order valence-electron chi connectivity index (χ2n) is 4.18.